The molecule has 0 aromatic carbocycles. The summed E-state index contributed by atoms with van der Waals surface area (Å²) in [6, 6.07) is -1.18. The molecule has 96 valence electrons. The van der Waals surface area contributed by atoms with Gasteiger partial charge >= 0.3 is 0 Å². The van der Waals surface area contributed by atoms with Crippen molar-refractivity contribution < 1.29 is 30.3 Å². The van der Waals surface area contributed by atoms with Crippen LogP contribution in [0.3, 0.4) is 0 Å². The topological polar surface area (TPSA) is 136 Å². The first-order valence-corrected chi connectivity index (χ1v) is 5.20. The lowest BCUT2D eigenvalue weighted by Gasteiger charge is -2.46. The molecule has 0 aliphatic carbocycles. The van der Waals surface area contributed by atoms with E-state index in [2.05, 4.69) is 0 Å². The van der Waals surface area contributed by atoms with Gasteiger partial charge in [-0.2, -0.15) is 0 Å². The second kappa shape index (κ2) is 5.37. The fourth-order valence-electron chi connectivity index (χ4n) is 1.81. The third-order valence-electron chi connectivity index (χ3n) is 2.85. The average molecular weight is 237 g/mol. The van der Waals surface area contributed by atoms with E-state index < -0.39 is 36.7 Å². The van der Waals surface area contributed by atoms with Crippen LogP contribution in [0.2, 0.25) is 0 Å². The zero-order valence-corrected chi connectivity index (χ0v) is 8.86. The molecule has 16 heavy (non-hydrogen) atoms. The maximum absolute atomic E-state index is 10.0. The molecular formula is C9H19NO6. The third-order valence-corrected chi connectivity index (χ3v) is 2.85. The minimum atomic E-state index is -1.84. The van der Waals surface area contributed by atoms with Gasteiger partial charge in [-0.05, 0) is 6.42 Å². The highest BCUT2D eigenvalue weighted by atomic mass is 16.6. The Morgan fingerprint density at radius 2 is 1.81 bits per heavy atom. The maximum atomic E-state index is 10.0. The lowest BCUT2D eigenvalue weighted by Crippen LogP contribution is -2.68. The second-order valence-electron chi connectivity index (χ2n) is 4.02. The summed E-state index contributed by atoms with van der Waals surface area (Å²) in [5, 5.41) is 46.7. The van der Waals surface area contributed by atoms with Crippen LogP contribution in [0.1, 0.15) is 12.8 Å². The summed E-state index contributed by atoms with van der Waals surface area (Å²) >= 11 is 0. The summed E-state index contributed by atoms with van der Waals surface area (Å²) in [7, 11) is 0. The van der Waals surface area contributed by atoms with E-state index >= 15 is 0 Å². The maximum Gasteiger partial charge on any atom is 0.184 e. The quantitative estimate of drug-likeness (QED) is 0.304. The SMILES string of the molecule is N[C@@H]1[C@@H](O)[C@H](O)[C@@H](CO)OC1(O)CCCO. The van der Waals surface area contributed by atoms with Crippen molar-refractivity contribution in [2.75, 3.05) is 13.2 Å². The van der Waals surface area contributed by atoms with Crippen LogP contribution < -0.4 is 5.73 Å². The van der Waals surface area contributed by atoms with Gasteiger partial charge in [0, 0.05) is 13.0 Å². The molecule has 0 aromatic heterocycles. The zero-order valence-electron chi connectivity index (χ0n) is 8.86. The Hall–Kier alpha value is -0.280. The normalized spacial score (nSPS) is 44.6. The fraction of sp³-hybridized carbons (Fsp3) is 1.00. The summed E-state index contributed by atoms with van der Waals surface area (Å²) in [4.78, 5) is 0. The molecule has 0 amide bonds. The van der Waals surface area contributed by atoms with Crippen LogP contribution in [0.15, 0.2) is 0 Å². The smallest absolute Gasteiger partial charge is 0.184 e. The summed E-state index contributed by atoms with van der Waals surface area (Å²) < 4.78 is 5.08. The molecule has 1 unspecified atom stereocenters. The molecule has 5 atom stereocenters. The molecule has 1 aliphatic rings. The first kappa shape index (κ1) is 13.8. The minimum absolute atomic E-state index is 0.0188. The molecule has 0 spiro atoms. The molecule has 1 fully saturated rings. The first-order chi connectivity index (χ1) is 7.46. The molecule has 0 radical (unpaired) electrons. The van der Waals surface area contributed by atoms with Crippen molar-refractivity contribution >= 4 is 0 Å². The van der Waals surface area contributed by atoms with Crippen molar-refractivity contribution in [1.82, 2.24) is 0 Å². The zero-order chi connectivity index (χ0) is 12.3. The number of aliphatic hydroxyl groups is 5. The lowest BCUT2D eigenvalue weighted by molar-refractivity contribution is -0.317. The van der Waals surface area contributed by atoms with Crippen LogP contribution in [0.5, 0.6) is 0 Å². The third kappa shape index (κ3) is 2.51. The highest BCUT2D eigenvalue weighted by molar-refractivity contribution is 4.98. The van der Waals surface area contributed by atoms with E-state index in [1.165, 1.54) is 0 Å². The molecule has 1 heterocycles. The van der Waals surface area contributed by atoms with Crippen molar-refractivity contribution in [3.63, 3.8) is 0 Å². The molecule has 1 saturated heterocycles. The van der Waals surface area contributed by atoms with Crippen molar-refractivity contribution in [1.29, 1.82) is 0 Å². The van der Waals surface area contributed by atoms with E-state index in [-0.39, 0.29) is 19.4 Å². The average Bonchev–Trinajstić information content (AvgIpc) is 2.29. The van der Waals surface area contributed by atoms with E-state index in [1.54, 1.807) is 0 Å². The second-order valence-corrected chi connectivity index (χ2v) is 4.02. The number of ether oxygens (including phenoxy) is 1. The van der Waals surface area contributed by atoms with Gasteiger partial charge in [0.1, 0.15) is 18.3 Å². The van der Waals surface area contributed by atoms with Gasteiger partial charge in [-0.1, -0.05) is 0 Å². The van der Waals surface area contributed by atoms with Gasteiger partial charge in [-0.15, -0.1) is 0 Å². The Morgan fingerprint density at radius 1 is 1.19 bits per heavy atom. The highest BCUT2D eigenvalue weighted by Crippen LogP contribution is 2.30. The van der Waals surface area contributed by atoms with Crippen LogP contribution in [0, 0.1) is 0 Å². The van der Waals surface area contributed by atoms with Crippen LogP contribution in [0.4, 0.5) is 0 Å². The predicted octanol–water partition coefficient (Wildman–Crippen LogP) is -3.11. The van der Waals surface area contributed by atoms with E-state index in [0.717, 1.165) is 0 Å². The number of rotatable bonds is 4. The summed E-state index contributed by atoms with van der Waals surface area (Å²) in [5.74, 6) is -1.84. The minimum Gasteiger partial charge on any atom is -0.396 e. The van der Waals surface area contributed by atoms with Crippen LogP contribution in [-0.2, 0) is 4.74 Å². The van der Waals surface area contributed by atoms with Gasteiger partial charge < -0.3 is 36.0 Å². The van der Waals surface area contributed by atoms with Gasteiger partial charge in [0.05, 0.1) is 12.6 Å². The Balaban J connectivity index is 2.76. The monoisotopic (exact) mass is 237 g/mol. The van der Waals surface area contributed by atoms with Crippen molar-refractivity contribution in [2.45, 2.75) is 43.0 Å². The summed E-state index contributed by atoms with van der Waals surface area (Å²) in [6.45, 7) is -0.687. The summed E-state index contributed by atoms with van der Waals surface area (Å²) in [6.07, 6.45) is -3.54. The van der Waals surface area contributed by atoms with Crippen molar-refractivity contribution in [3.05, 3.63) is 0 Å². The van der Waals surface area contributed by atoms with E-state index in [4.69, 9.17) is 20.7 Å². The van der Waals surface area contributed by atoms with Gasteiger partial charge in [-0.25, -0.2) is 0 Å². The Bertz CT molecular complexity index is 226. The molecule has 7 heteroatoms. The largest absolute Gasteiger partial charge is 0.396 e. The van der Waals surface area contributed by atoms with Gasteiger partial charge in [0.2, 0.25) is 0 Å². The van der Waals surface area contributed by atoms with Gasteiger partial charge in [0.25, 0.3) is 0 Å². The number of aliphatic hydroxyl groups excluding tert-OH is 4. The highest BCUT2D eigenvalue weighted by Gasteiger charge is 2.50. The molecule has 7 N–H and O–H groups in total. The van der Waals surface area contributed by atoms with Crippen LogP contribution in [0.25, 0.3) is 0 Å². The number of hydrogen-bond donors (Lipinski definition) is 6. The Morgan fingerprint density at radius 3 is 2.31 bits per heavy atom. The molecular weight excluding hydrogens is 218 g/mol. The van der Waals surface area contributed by atoms with Crippen LogP contribution >= 0.6 is 0 Å². The van der Waals surface area contributed by atoms with E-state index in [0.29, 0.717) is 0 Å². The van der Waals surface area contributed by atoms with Crippen molar-refractivity contribution in [2.24, 2.45) is 5.73 Å². The Labute approximate surface area is 93.1 Å². The molecule has 0 aromatic rings. The first-order valence-electron chi connectivity index (χ1n) is 5.20. The summed E-state index contributed by atoms with van der Waals surface area (Å²) in [5.41, 5.74) is 5.56. The lowest BCUT2D eigenvalue weighted by atomic mass is 9.88. The van der Waals surface area contributed by atoms with Gasteiger partial charge in [0.15, 0.2) is 5.79 Å². The standard InChI is InChI=1S/C9H19NO6/c10-8-7(14)6(13)5(4-12)16-9(8,15)2-1-3-11/h5-8,11-15H,1-4,10H2/t5-,6-,7+,8-,9?/m1/s1. The molecule has 7 nitrogen and oxygen atoms in total. The van der Waals surface area contributed by atoms with Gasteiger partial charge in [-0.3, -0.25) is 0 Å². The molecule has 1 rings (SSSR count). The van der Waals surface area contributed by atoms with Crippen LogP contribution in [-0.4, -0.2) is 68.9 Å². The predicted molar refractivity (Wildman–Crippen MR) is 53.2 cm³/mol. The molecule has 0 bridgehead atoms. The molecule has 0 saturated carbocycles. The van der Waals surface area contributed by atoms with E-state index in [1.807, 2.05) is 0 Å². The van der Waals surface area contributed by atoms with E-state index in [9.17, 15) is 15.3 Å². The number of hydrogen-bond acceptors (Lipinski definition) is 7. The molecule has 1 aliphatic heterocycles. The number of nitrogens with two attached hydrogens (primary N) is 1. The Kier molecular flexibility index (Phi) is 4.62. The fourth-order valence-corrected chi connectivity index (χ4v) is 1.81. The van der Waals surface area contributed by atoms with Crippen molar-refractivity contribution in [3.8, 4) is 0 Å².